The molecule has 0 amide bonds. The van der Waals surface area contributed by atoms with Crippen molar-refractivity contribution in [3.05, 3.63) is 26.7 Å². The van der Waals surface area contributed by atoms with Crippen LogP contribution in [0.2, 0.25) is 0 Å². The molecule has 2 heterocycles. The van der Waals surface area contributed by atoms with Crippen LogP contribution in [0.4, 0.5) is 0 Å². The lowest BCUT2D eigenvalue weighted by molar-refractivity contribution is 0.516. The third-order valence-corrected chi connectivity index (χ3v) is 3.74. The minimum absolute atomic E-state index is 0.0473. The molecule has 2 aromatic rings. The highest BCUT2D eigenvalue weighted by molar-refractivity contribution is 5.71. The van der Waals surface area contributed by atoms with Crippen molar-refractivity contribution in [3.8, 4) is 0 Å². The van der Waals surface area contributed by atoms with Crippen molar-refractivity contribution in [2.24, 2.45) is 25.7 Å². The zero-order chi connectivity index (χ0) is 15.9. The van der Waals surface area contributed by atoms with Gasteiger partial charge < -0.3 is 10.3 Å². The van der Waals surface area contributed by atoms with E-state index in [2.05, 4.69) is 18.8 Å². The predicted molar refractivity (Wildman–Crippen MR) is 82.5 cm³/mol. The maximum atomic E-state index is 12.5. The fraction of sp³-hybridized carbons (Fsp3) is 0.643. The summed E-state index contributed by atoms with van der Waals surface area (Å²) < 4.78 is 4.42. The molecule has 7 heteroatoms. The lowest BCUT2D eigenvalue weighted by atomic mass is 10.1. The van der Waals surface area contributed by atoms with Gasteiger partial charge in [-0.3, -0.25) is 13.9 Å². The van der Waals surface area contributed by atoms with Crippen molar-refractivity contribution in [3.63, 3.8) is 0 Å². The lowest BCUT2D eigenvalue weighted by Crippen LogP contribution is -2.38. The highest BCUT2D eigenvalue weighted by Crippen LogP contribution is 2.19. The molecule has 0 aliphatic heterocycles. The second-order valence-electron chi connectivity index (χ2n) is 5.96. The van der Waals surface area contributed by atoms with Gasteiger partial charge in [-0.1, -0.05) is 13.8 Å². The molecular formula is C14H23N5O2. The number of nitrogens with zero attached hydrogens (tertiary/aromatic N) is 4. The molecule has 2 rings (SSSR count). The first kappa shape index (κ1) is 15.5. The van der Waals surface area contributed by atoms with Crippen LogP contribution in [0.25, 0.3) is 11.2 Å². The molecule has 1 unspecified atom stereocenters. The van der Waals surface area contributed by atoms with Crippen molar-refractivity contribution in [2.75, 3.05) is 6.54 Å². The molecule has 7 nitrogen and oxygen atoms in total. The average molecular weight is 293 g/mol. The van der Waals surface area contributed by atoms with E-state index in [-0.39, 0.29) is 17.3 Å². The minimum Gasteiger partial charge on any atom is -0.328 e. The largest absolute Gasteiger partial charge is 0.332 e. The van der Waals surface area contributed by atoms with Gasteiger partial charge in [-0.05, 0) is 12.8 Å². The summed E-state index contributed by atoms with van der Waals surface area (Å²) in [6.45, 7) is 6.54. The Hall–Kier alpha value is -1.89. The van der Waals surface area contributed by atoms with E-state index in [4.69, 9.17) is 5.73 Å². The second-order valence-corrected chi connectivity index (χ2v) is 5.96. The zero-order valence-corrected chi connectivity index (χ0v) is 13.3. The Kier molecular flexibility index (Phi) is 4.04. The predicted octanol–water partition coefficient (Wildman–Crippen LogP) is 0.152. The first-order valence-corrected chi connectivity index (χ1v) is 7.16. The van der Waals surface area contributed by atoms with Crippen LogP contribution in [0.3, 0.4) is 0 Å². The van der Waals surface area contributed by atoms with Gasteiger partial charge in [0.2, 0.25) is 0 Å². The van der Waals surface area contributed by atoms with Gasteiger partial charge in [0.25, 0.3) is 5.56 Å². The summed E-state index contributed by atoms with van der Waals surface area (Å²) in [5.41, 5.74) is 5.98. The molecule has 0 saturated heterocycles. The maximum absolute atomic E-state index is 12.5. The van der Waals surface area contributed by atoms with Gasteiger partial charge >= 0.3 is 5.69 Å². The highest BCUT2D eigenvalue weighted by Gasteiger charge is 2.21. The molecule has 21 heavy (non-hydrogen) atoms. The maximum Gasteiger partial charge on any atom is 0.332 e. The summed E-state index contributed by atoms with van der Waals surface area (Å²) in [7, 11) is 3.12. The van der Waals surface area contributed by atoms with E-state index in [1.54, 1.807) is 7.05 Å². The second kappa shape index (κ2) is 5.48. The molecule has 0 aromatic carbocycles. The van der Waals surface area contributed by atoms with Crippen LogP contribution in [0.15, 0.2) is 9.59 Å². The van der Waals surface area contributed by atoms with Crippen LogP contribution in [0, 0.1) is 5.92 Å². The number of fused-ring (bicyclic) bond motifs is 1. The van der Waals surface area contributed by atoms with Crippen LogP contribution < -0.4 is 17.0 Å². The van der Waals surface area contributed by atoms with E-state index in [0.29, 0.717) is 23.6 Å². The number of rotatable bonds is 4. The smallest absolute Gasteiger partial charge is 0.328 e. The van der Waals surface area contributed by atoms with Crippen LogP contribution in [0.1, 0.15) is 32.6 Å². The fourth-order valence-electron chi connectivity index (χ4n) is 2.55. The zero-order valence-electron chi connectivity index (χ0n) is 13.3. The molecule has 0 spiro atoms. The van der Waals surface area contributed by atoms with E-state index in [1.807, 2.05) is 11.5 Å². The summed E-state index contributed by atoms with van der Waals surface area (Å²) in [5.74, 6) is 1.20. The van der Waals surface area contributed by atoms with Crippen molar-refractivity contribution in [1.82, 2.24) is 18.7 Å². The molecule has 0 fully saturated rings. The van der Waals surface area contributed by atoms with E-state index < -0.39 is 0 Å². The highest BCUT2D eigenvalue weighted by atomic mass is 16.2. The molecule has 2 N–H and O–H groups in total. The van der Waals surface area contributed by atoms with Gasteiger partial charge in [0.1, 0.15) is 5.82 Å². The third-order valence-electron chi connectivity index (χ3n) is 3.74. The van der Waals surface area contributed by atoms with Crippen LogP contribution in [-0.4, -0.2) is 25.2 Å². The molecular weight excluding hydrogens is 270 g/mol. The van der Waals surface area contributed by atoms with Gasteiger partial charge in [-0.2, -0.15) is 0 Å². The lowest BCUT2D eigenvalue weighted by Gasteiger charge is -2.16. The molecule has 1 atom stereocenters. The van der Waals surface area contributed by atoms with Crippen molar-refractivity contribution >= 4 is 11.2 Å². The van der Waals surface area contributed by atoms with Gasteiger partial charge in [0, 0.05) is 33.1 Å². The minimum atomic E-state index is -0.367. The molecule has 2 aromatic heterocycles. The standard InChI is InChI=1S/C14H23N5O2/c1-8(2)6-10-16-12-11(19(10)9(3)7-15)13(20)18(5)14(21)17(12)4/h8-9H,6-7,15H2,1-5H3. The Balaban J connectivity index is 2.94. The molecule has 0 saturated carbocycles. The summed E-state index contributed by atoms with van der Waals surface area (Å²) in [5, 5.41) is 0. The van der Waals surface area contributed by atoms with Crippen molar-refractivity contribution in [2.45, 2.75) is 33.2 Å². The van der Waals surface area contributed by atoms with Crippen molar-refractivity contribution in [1.29, 1.82) is 0 Å². The SMILES string of the molecule is CC(C)Cc1nc2c(c(=O)n(C)c(=O)n2C)n1C(C)CN. The molecule has 116 valence electrons. The van der Waals surface area contributed by atoms with Crippen molar-refractivity contribution < 1.29 is 0 Å². The van der Waals surface area contributed by atoms with Crippen LogP contribution in [-0.2, 0) is 20.5 Å². The Morgan fingerprint density at radius 3 is 2.29 bits per heavy atom. The van der Waals surface area contributed by atoms with Gasteiger partial charge in [-0.15, -0.1) is 0 Å². The summed E-state index contributed by atoms with van der Waals surface area (Å²) in [4.78, 5) is 29.1. The third kappa shape index (κ3) is 2.42. The van der Waals surface area contributed by atoms with Crippen LogP contribution in [0.5, 0.6) is 0 Å². The first-order valence-electron chi connectivity index (χ1n) is 7.16. The Bertz CT molecular complexity index is 781. The number of aromatic nitrogens is 4. The number of aryl methyl sites for hydroxylation is 1. The number of hydrogen-bond acceptors (Lipinski definition) is 4. The van der Waals surface area contributed by atoms with Crippen LogP contribution >= 0.6 is 0 Å². The first-order chi connectivity index (χ1) is 9.79. The number of imidazole rings is 1. The Morgan fingerprint density at radius 2 is 1.76 bits per heavy atom. The summed E-state index contributed by atoms with van der Waals surface area (Å²) in [6.07, 6.45) is 0.733. The van der Waals surface area contributed by atoms with Gasteiger partial charge in [0.15, 0.2) is 11.2 Å². The van der Waals surface area contributed by atoms with E-state index in [9.17, 15) is 9.59 Å². The molecule has 0 radical (unpaired) electrons. The quantitative estimate of drug-likeness (QED) is 0.869. The van der Waals surface area contributed by atoms with E-state index in [0.717, 1.165) is 16.8 Å². The van der Waals surface area contributed by atoms with E-state index in [1.165, 1.54) is 11.6 Å². The van der Waals surface area contributed by atoms with Gasteiger partial charge in [0.05, 0.1) is 0 Å². The number of nitrogens with two attached hydrogens (primary N) is 1. The Morgan fingerprint density at radius 1 is 1.14 bits per heavy atom. The monoisotopic (exact) mass is 293 g/mol. The molecule has 0 aliphatic rings. The fourth-order valence-corrected chi connectivity index (χ4v) is 2.55. The molecule has 0 bridgehead atoms. The average Bonchev–Trinajstić information content (AvgIpc) is 2.80. The van der Waals surface area contributed by atoms with Gasteiger partial charge in [-0.25, -0.2) is 9.78 Å². The van der Waals surface area contributed by atoms with E-state index >= 15 is 0 Å². The Labute approximate surface area is 123 Å². The molecule has 0 aliphatic carbocycles. The topological polar surface area (TPSA) is 87.8 Å². The summed E-state index contributed by atoms with van der Waals surface area (Å²) >= 11 is 0. The normalized spacial score (nSPS) is 13.3. The number of hydrogen-bond donors (Lipinski definition) is 1. The summed E-state index contributed by atoms with van der Waals surface area (Å²) in [6, 6.07) is -0.0473.